The zero-order chi connectivity index (χ0) is 12.3. The van der Waals surface area contributed by atoms with E-state index in [1.54, 1.807) is 0 Å². The number of nitrogens with two attached hydrogens (primary N) is 1. The van der Waals surface area contributed by atoms with Gasteiger partial charge in [0.25, 0.3) is 0 Å². The van der Waals surface area contributed by atoms with Gasteiger partial charge in [-0.15, -0.1) is 0 Å². The van der Waals surface area contributed by atoms with Crippen LogP contribution in [0.4, 0.5) is 0 Å². The van der Waals surface area contributed by atoms with Gasteiger partial charge in [-0.05, 0) is 24.7 Å². The first-order valence-electron chi connectivity index (χ1n) is 6.52. The number of hydrogen-bond acceptors (Lipinski definition) is 3. The summed E-state index contributed by atoms with van der Waals surface area (Å²) in [6.45, 7) is 7.11. The predicted octanol–water partition coefficient (Wildman–Crippen LogP) is 1.97. The van der Waals surface area contributed by atoms with E-state index in [0.29, 0.717) is 11.8 Å². The van der Waals surface area contributed by atoms with Gasteiger partial charge < -0.3 is 15.0 Å². The maximum Gasteiger partial charge on any atom is 0.0948 e. The Morgan fingerprint density at radius 3 is 2.82 bits per heavy atom. The molecule has 0 saturated carbocycles. The van der Waals surface area contributed by atoms with E-state index in [2.05, 4.69) is 23.4 Å². The number of nitrogens with zero attached hydrogens (tertiary/aromatic N) is 2. The van der Waals surface area contributed by atoms with Crippen molar-refractivity contribution in [2.45, 2.75) is 39.3 Å². The van der Waals surface area contributed by atoms with Gasteiger partial charge in [-0.2, -0.15) is 0 Å². The molecule has 4 heteroatoms. The molecule has 1 unspecified atom stereocenters. The van der Waals surface area contributed by atoms with Crippen LogP contribution in [0.25, 0.3) is 0 Å². The van der Waals surface area contributed by atoms with Crippen molar-refractivity contribution >= 4 is 0 Å². The van der Waals surface area contributed by atoms with Crippen LogP contribution >= 0.6 is 0 Å². The molecular formula is C13H23N3O. The fourth-order valence-corrected chi connectivity index (χ4v) is 2.31. The summed E-state index contributed by atoms with van der Waals surface area (Å²) in [5.74, 6) is 1.15. The van der Waals surface area contributed by atoms with Crippen LogP contribution in [-0.4, -0.2) is 22.8 Å². The molecule has 2 rings (SSSR count). The molecule has 1 saturated heterocycles. The van der Waals surface area contributed by atoms with E-state index in [1.165, 1.54) is 0 Å². The summed E-state index contributed by atoms with van der Waals surface area (Å²) in [7, 11) is 0. The van der Waals surface area contributed by atoms with Crippen LogP contribution in [0.3, 0.4) is 0 Å². The topological polar surface area (TPSA) is 53.1 Å². The van der Waals surface area contributed by atoms with Crippen LogP contribution in [-0.2, 0) is 11.3 Å². The monoisotopic (exact) mass is 237 g/mol. The van der Waals surface area contributed by atoms with Gasteiger partial charge in [0, 0.05) is 32.0 Å². The third-order valence-electron chi connectivity index (χ3n) is 3.60. The summed E-state index contributed by atoms with van der Waals surface area (Å²) in [5, 5.41) is 0. The molecule has 1 fully saturated rings. The second-order valence-corrected chi connectivity index (χ2v) is 5.30. The lowest BCUT2D eigenvalue weighted by Gasteiger charge is -2.25. The maximum absolute atomic E-state index is 6.20. The molecule has 1 aliphatic heterocycles. The third-order valence-corrected chi connectivity index (χ3v) is 3.60. The second-order valence-electron chi connectivity index (χ2n) is 5.30. The Hall–Kier alpha value is -0.870. The van der Waals surface area contributed by atoms with Crippen LogP contribution < -0.4 is 5.73 Å². The molecule has 96 valence electrons. The summed E-state index contributed by atoms with van der Waals surface area (Å²) < 4.78 is 7.61. The van der Waals surface area contributed by atoms with Gasteiger partial charge in [0.2, 0.25) is 0 Å². The molecule has 1 aromatic heterocycles. The number of aromatic nitrogens is 2. The quantitative estimate of drug-likeness (QED) is 0.871. The lowest BCUT2D eigenvalue weighted by molar-refractivity contribution is 0.0609. The summed E-state index contributed by atoms with van der Waals surface area (Å²) >= 11 is 0. The van der Waals surface area contributed by atoms with E-state index in [0.717, 1.165) is 38.3 Å². The lowest BCUT2D eigenvalue weighted by Crippen LogP contribution is -2.24. The van der Waals surface area contributed by atoms with Crippen molar-refractivity contribution in [3.63, 3.8) is 0 Å². The van der Waals surface area contributed by atoms with Crippen LogP contribution in [0.5, 0.6) is 0 Å². The van der Waals surface area contributed by atoms with E-state index in [4.69, 9.17) is 10.5 Å². The Morgan fingerprint density at radius 2 is 2.18 bits per heavy atom. The molecule has 0 radical (unpaired) electrons. The van der Waals surface area contributed by atoms with Crippen molar-refractivity contribution in [1.29, 1.82) is 0 Å². The molecule has 2 N–H and O–H groups in total. The van der Waals surface area contributed by atoms with E-state index < -0.39 is 0 Å². The average molecular weight is 237 g/mol. The third kappa shape index (κ3) is 3.07. The first kappa shape index (κ1) is 12.6. The van der Waals surface area contributed by atoms with E-state index >= 15 is 0 Å². The Bertz CT molecular complexity index is 342. The minimum absolute atomic E-state index is 0.0809. The molecule has 2 heterocycles. The molecule has 0 aliphatic carbocycles. The van der Waals surface area contributed by atoms with Gasteiger partial charge in [-0.3, -0.25) is 0 Å². The van der Waals surface area contributed by atoms with E-state index in [9.17, 15) is 0 Å². The minimum Gasteiger partial charge on any atom is -0.381 e. The standard InChI is InChI=1S/C13H23N3O/c1-10(2)13(14)12-7-15-9-16(12)8-11-3-5-17-6-4-11/h7,9-11,13H,3-6,8,14H2,1-2H3. The number of rotatable bonds is 4. The number of hydrogen-bond donors (Lipinski definition) is 1. The van der Waals surface area contributed by atoms with E-state index in [1.807, 2.05) is 12.5 Å². The van der Waals surface area contributed by atoms with Crippen molar-refractivity contribution in [1.82, 2.24) is 9.55 Å². The predicted molar refractivity (Wildman–Crippen MR) is 67.5 cm³/mol. The van der Waals surface area contributed by atoms with Gasteiger partial charge in [-0.25, -0.2) is 4.98 Å². The fourth-order valence-electron chi connectivity index (χ4n) is 2.31. The van der Waals surface area contributed by atoms with Crippen molar-refractivity contribution in [2.75, 3.05) is 13.2 Å². The largest absolute Gasteiger partial charge is 0.381 e. The molecule has 1 aromatic rings. The molecule has 4 nitrogen and oxygen atoms in total. The number of ether oxygens (including phenoxy) is 1. The molecule has 0 bridgehead atoms. The van der Waals surface area contributed by atoms with E-state index in [-0.39, 0.29) is 6.04 Å². The Kier molecular flexibility index (Phi) is 4.18. The molecular weight excluding hydrogens is 214 g/mol. The molecule has 1 atom stereocenters. The van der Waals surface area contributed by atoms with Crippen molar-refractivity contribution in [2.24, 2.45) is 17.6 Å². The average Bonchev–Trinajstić information content (AvgIpc) is 2.77. The Morgan fingerprint density at radius 1 is 1.47 bits per heavy atom. The zero-order valence-corrected chi connectivity index (χ0v) is 10.8. The number of imidazole rings is 1. The SMILES string of the molecule is CC(C)C(N)c1cncn1CC1CCOCC1. The Labute approximate surface area is 103 Å². The van der Waals surface area contributed by atoms with Gasteiger partial charge in [0.1, 0.15) is 0 Å². The van der Waals surface area contributed by atoms with Gasteiger partial charge in [0.05, 0.1) is 12.0 Å². The highest BCUT2D eigenvalue weighted by molar-refractivity contribution is 5.05. The summed E-state index contributed by atoms with van der Waals surface area (Å²) in [5.41, 5.74) is 7.36. The fraction of sp³-hybridized carbons (Fsp3) is 0.769. The van der Waals surface area contributed by atoms with Crippen LogP contribution in [0.2, 0.25) is 0 Å². The molecule has 17 heavy (non-hydrogen) atoms. The Balaban J connectivity index is 2.02. The molecule has 0 aromatic carbocycles. The summed E-state index contributed by atoms with van der Waals surface area (Å²) in [4.78, 5) is 4.24. The summed E-state index contributed by atoms with van der Waals surface area (Å²) in [6.07, 6.45) is 6.11. The highest BCUT2D eigenvalue weighted by Crippen LogP contribution is 2.22. The summed E-state index contributed by atoms with van der Waals surface area (Å²) in [6, 6.07) is 0.0809. The van der Waals surface area contributed by atoms with Crippen LogP contribution in [0.15, 0.2) is 12.5 Å². The highest BCUT2D eigenvalue weighted by Gasteiger charge is 2.19. The highest BCUT2D eigenvalue weighted by atomic mass is 16.5. The van der Waals surface area contributed by atoms with Gasteiger partial charge in [0.15, 0.2) is 0 Å². The van der Waals surface area contributed by atoms with Crippen LogP contribution in [0, 0.1) is 11.8 Å². The maximum atomic E-state index is 6.20. The van der Waals surface area contributed by atoms with Crippen molar-refractivity contribution in [3.8, 4) is 0 Å². The van der Waals surface area contributed by atoms with Gasteiger partial charge in [-0.1, -0.05) is 13.8 Å². The molecule has 1 aliphatic rings. The first-order chi connectivity index (χ1) is 8.18. The van der Waals surface area contributed by atoms with Crippen molar-refractivity contribution in [3.05, 3.63) is 18.2 Å². The lowest BCUT2D eigenvalue weighted by atomic mass is 9.99. The molecule has 0 spiro atoms. The second kappa shape index (κ2) is 5.65. The van der Waals surface area contributed by atoms with Crippen LogP contribution in [0.1, 0.15) is 38.4 Å². The zero-order valence-electron chi connectivity index (χ0n) is 10.8. The van der Waals surface area contributed by atoms with Gasteiger partial charge >= 0.3 is 0 Å². The smallest absolute Gasteiger partial charge is 0.0948 e. The van der Waals surface area contributed by atoms with Crippen molar-refractivity contribution < 1.29 is 4.74 Å². The molecule has 0 amide bonds. The normalized spacial score (nSPS) is 19.8. The first-order valence-corrected chi connectivity index (χ1v) is 6.52. The minimum atomic E-state index is 0.0809.